The summed E-state index contributed by atoms with van der Waals surface area (Å²) >= 11 is 5.88. The number of nitrogens with zero attached hydrogens (tertiary/aromatic N) is 1. The smallest absolute Gasteiger partial charge is 0.335 e. The van der Waals surface area contributed by atoms with E-state index in [1.807, 2.05) is 12.1 Å². The first-order valence-electron chi connectivity index (χ1n) is 9.97. The Kier molecular flexibility index (Phi) is 6.42. The minimum atomic E-state index is -0.813. The molecule has 0 atom stereocenters. The van der Waals surface area contributed by atoms with Gasteiger partial charge in [0, 0.05) is 5.02 Å². The molecule has 1 aliphatic heterocycles. The lowest BCUT2D eigenvalue weighted by molar-refractivity contribution is -0.122. The van der Waals surface area contributed by atoms with Crippen LogP contribution in [0.15, 0.2) is 78.4 Å². The quantitative estimate of drug-likeness (QED) is 0.427. The van der Waals surface area contributed by atoms with Gasteiger partial charge in [0.15, 0.2) is 0 Å². The van der Waals surface area contributed by atoms with E-state index in [4.69, 9.17) is 21.1 Å². The summed E-state index contributed by atoms with van der Waals surface area (Å²) in [5, 5.41) is 2.85. The molecule has 33 heavy (non-hydrogen) atoms. The number of benzene rings is 3. The Morgan fingerprint density at radius 1 is 0.879 bits per heavy atom. The second-order valence-corrected chi connectivity index (χ2v) is 7.58. The van der Waals surface area contributed by atoms with Crippen molar-refractivity contribution in [2.75, 3.05) is 12.0 Å². The Hall–Kier alpha value is -4.10. The first kappa shape index (κ1) is 22.1. The molecular weight excluding hydrogens is 444 g/mol. The monoisotopic (exact) mass is 462 g/mol. The van der Waals surface area contributed by atoms with Gasteiger partial charge in [0.2, 0.25) is 0 Å². The van der Waals surface area contributed by atoms with E-state index in [1.54, 1.807) is 67.8 Å². The van der Waals surface area contributed by atoms with Gasteiger partial charge in [0.25, 0.3) is 11.8 Å². The molecule has 1 aliphatic rings. The van der Waals surface area contributed by atoms with E-state index < -0.39 is 17.8 Å². The lowest BCUT2D eigenvalue weighted by atomic mass is 10.1. The molecule has 0 spiro atoms. The van der Waals surface area contributed by atoms with Crippen molar-refractivity contribution in [2.24, 2.45) is 0 Å². The van der Waals surface area contributed by atoms with Crippen molar-refractivity contribution in [1.82, 2.24) is 5.32 Å². The van der Waals surface area contributed by atoms with Crippen molar-refractivity contribution >= 4 is 41.2 Å². The van der Waals surface area contributed by atoms with Crippen molar-refractivity contribution in [3.63, 3.8) is 0 Å². The highest BCUT2D eigenvalue weighted by Crippen LogP contribution is 2.25. The molecule has 0 aliphatic carbocycles. The third-order valence-corrected chi connectivity index (χ3v) is 5.19. The number of nitrogens with one attached hydrogen (secondary N) is 1. The number of barbiturate groups is 1. The number of rotatable bonds is 6. The van der Waals surface area contributed by atoms with E-state index in [0.29, 0.717) is 34.4 Å². The minimum absolute atomic E-state index is 0.150. The van der Waals surface area contributed by atoms with E-state index in [9.17, 15) is 14.4 Å². The Morgan fingerprint density at radius 2 is 1.52 bits per heavy atom. The Labute approximate surface area is 195 Å². The lowest BCUT2D eigenvalue weighted by Gasteiger charge is -2.26. The second-order valence-electron chi connectivity index (χ2n) is 7.14. The minimum Gasteiger partial charge on any atom is -0.497 e. The summed E-state index contributed by atoms with van der Waals surface area (Å²) in [5.41, 5.74) is 1.72. The zero-order chi connectivity index (χ0) is 23.4. The topological polar surface area (TPSA) is 84.9 Å². The molecule has 0 unspecified atom stereocenters. The summed E-state index contributed by atoms with van der Waals surface area (Å²) in [6, 6.07) is 19.8. The maximum Gasteiger partial charge on any atom is 0.335 e. The van der Waals surface area contributed by atoms with E-state index in [2.05, 4.69) is 5.32 Å². The van der Waals surface area contributed by atoms with Gasteiger partial charge in [-0.05, 0) is 65.7 Å². The molecule has 0 aromatic heterocycles. The zero-order valence-electron chi connectivity index (χ0n) is 17.6. The van der Waals surface area contributed by atoms with Gasteiger partial charge in [-0.15, -0.1) is 0 Å². The molecule has 3 aromatic carbocycles. The van der Waals surface area contributed by atoms with Crippen LogP contribution in [0, 0.1) is 0 Å². The van der Waals surface area contributed by atoms with Crippen LogP contribution in [-0.4, -0.2) is 25.0 Å². The molecule has 4 amide bonds. The number of hydrogen-bond donors (Lipinski definition) is 1. The third kappa shape index (κ3) is 5.05. The number of carbonyl (C=O) groups is 3. The van der Waals surface area contributed by atoms with Gasteiger partial charge >= 0.3 is 6.03 Å². The number of ether oxygens (including phenoxy) is 2. The van der Waals surface area contributed by atoms with Crippen LogP contribution in [0.1, 0.15) is 11.1 Å². The predicted octanol–water partition coefficient (Wildman–Crippen LogP) is 4.59. The molecule has 1 fully saturated rings. The molecular formula is C25H19ClN2O5. The number of halogens is 1. The average molecular weight is 463 g/mol. The maximum atomic E-state index is 13.0. The number of urea groups is 1. The van der Waals surface area contributed by atoms with Crippen molar-refractivity contribution in [1.29, 1.82) is 0 Å². The zero-order valence-corrected chi connectivity index (χ0v) is 18.3. The highest BCUT2D eigenvalue weighted by atomic mass is 35.5. The highest BCUT2D eigenvalue weighted by molar-refractivity contribution is 6.39. The van der Waals surface area contributed by atoms with Crippen molar-refractivity contribution < 1.29 is 23.9 Å². The molecule has 4 rings (SSSR count). The fourth-order valence-corrected chi connectivity index (χ4v) is 3.32. The van der Waals surface area contributed by atoms with E-state index in [-0.39, 0.29) is 5.57 Å². The fraction of sp³-hybridized carbons (Fsp3) is 0.0800. The average Bonchev–Trinajstić information content (AvgIpc) is 2.82. The SMILES string of the molecule is COc1ccc(/C=C2\C(=O)NC(=O)N(c3ccc(OCc4ccc(Cl)cc4)cc3)C2=O)cc1. The number of hydrogen-bond acceptors (Lipinski definition) is 5. The van der Waals surface area contributed by atoms with Crippen LogP contribution in [0.5, 0.6) is 11.5 Å². The summed E-state index contributed by atoms with van der Waals surface area (Å²) in [6.07, 6.45) is 1.43. The molecule has 3 aromatic rings. The van der Waals surface area contributed by atoms with Crippen LogP contribution >= 0.6 is 11.6 Å². The molecule has 1 N–H and O–H groups in total. The van der Waals surface area contributed by atoms with Gasteiger partial charge in [0.1, 0.15) is 23.7 Å². The van der Waals surface area contributed by atoms with E-state index in [0.717, 1.165) is 10.5 Å². The molecule has 1 heterocycles. The molecule has 0 radical (unpaired) electrons. The molecule has 1 saturated heterocycles. The van der Waals surface area contributed by atoms with Gasteiger partial charge in [-0.1, -0.05) is 35.9 Å². The summed E-state index contributed by atoms with van der Waals surface area (Å²) < 4.78 is 10.9. The van der Waals surface area contributed by atoms with Crippen LogP contribution in [-0.2, 0) is 16.2 Å². The van der Waals surface area contributed by atoms with Crippen molar-refractivity contribution in [2.45, 2.75) is 6.61 Å². The Balaban J connectivity index is 1.51. The maximum absolute atomic E-state index is 13.0. The lowest BCUT2D eigenvalue weighted by Crippen LogP contribution is -2.54. The molecule has 166 valence electrons. The number of amides is 4. The standard InChI is InChI=1S/C25H19ClN2O5/c1-32-20-10-4-16(5-11-20)14-22-23(29)27-25(31)28(24(22)30)19-8-12-21(13-9-19)33-15-17-2-6-18(26)7-3-17/h2-14H,15H2,1H3,(H,27,29,31)/b22-14+. The van der Waals surface area contributed by atoms with Crippen LogP contribution < -0.4 is 19.7 Å². The van der Waals surface area contributed by atoms with Crippen LogP contribution in [0.3, 0.4) is 0 Å². The van der Waals surface area contributed by atoms with Gasteiger partial charge in [-0.2, -0.15) is 0 Å². The number of anilines is 1. The Morgan fingerprint density at radius 3 is 2.15 bits per heavy atom. The number of imide groups is 2. The van der Waals surface area contributed by atoms with Gasteiger partial charge < -0.3 is 9.47 Å². The first-order valence-corrected chi connectivity index (χ1v) is 10.4. The molecule has 0 saturated carbocycles. The van der Waals surface area contributed by atoms with Crippen LogP contribution in [0.4, 0.5) is 10.5 Å². The van der Waals surface area contributed by atoms with Gasteiger partial charge in [-0.3, -0.25) is 14.9 Å². The highest BCUT2D eigenvalue weighted by Gasteiger charge is 2.36. The molecule has 0 bridgehead atoms. The summed E-state index contributed by atoms with van der Waals surface area (Å²) in [4.78, 5) is 38.6. The van der Waals surface area contributed by atoms with Crippen molar-refractivity contribution in [3.05, 3.63) is 94.5 Å². The summed E-state index contributed by atoms with van der Waals surface area (Å²) in [6.45, 7) is 0.336. The summed E-state index contributed by atoms with van der Waals surface area (Å²) in [5.74, 6) is -0.259. The number of carbonyl (C=O) groups excluding carboxylic acids is 3. The van der Waals surface area contributed by atoms with E-state index in [1.165, 1.54) is 6.08 Å². The van der Waals surface area contributed by atoms with Gasteiger partial charge in [0.05, 0.1) is 12.8 Å². The molecule has 8 heteroatoms. The van der Waals surface area contributed by atoms with Crippen LogP contribution in [0.2, 0.25) is 5.02 Å². The number of methoxy groups -OCH3 is 1. The van der Waals surface area contributed by atoms with Crippen LogP contribution in [0.25, 0.3) is 6.08 Å². The third-order valence-electron chi connectivity index (χ3n) is 4.94. The Bertz CT molecular complexity index is 1220. The predicted molar refractivity (Wildman–Crippen MR) is 124 cm³/mol. The fourth-order valence-electron chi connectivity index (χ4n) is 3.20. The normalized spacial score (nSPS) is 14.9. The largest absolute Gasteiger partial charge is 0.497 e. The molecule has 7 nitrogen and oxygen atoms in total. The second kappa shape index (κ2) is 9.58. The summed E-state index contributed by atoms with van der Waals surface area (Å²) in [7, 11) is 1.54. The van der Waals surface area contributed by atoms with Crippen molar-refractivity contribution in [3.8, 4) is 11.5 Å². The van der Waals surface area contributed by atoms with E-state index >= 15 is 0 Å². The van der Waals surface area contributed by atoms with Gasteiger partial charge in [-0.25, -0.2) is 9.69 Å². The first-order chi connectivity index (χ1) is 15.9.